The zero-order valence-electron chi connectivity index (χ0n) is 14.7. The molecule has 136 valence electrons. The monoisotopic (exact) mass is 362 g/mol. The van der Waals surface area contributed by atoms with Crippen LogP contribution in [0.5, 0.6) is 0 Å². The molecule has 1 unspecified atom stereocenters. The van der Waals surface area contributed by atoms with E-state index in [9.17, 15) is 14.0 Å². The molecule has 0 bridgehead atoms. The van der Waals surface area contributed by atoms with Gasteiger partial charge in [0.25, 0.3) is 0 Å². The molecule has 27 heavy (non-hydrogen) atoms. The molecule has 3 aromatic carbocycles. The normalized spacial score (nSPS) is 16.7. The highest BCUT2D eigenvalue weighted by molar-refractivity contribution is 6.10. The number of fused-ring (bicyclic) bond motifs is 1. The second-order valence-electron chi connectivity index (χ2n) is 6.71. The Labute approximate surface area is 156 Å². The highest BCUT2D eigenvalue weighted by Gasteiger charge is 2.37. The van der Waals surface area contributed by atoms with E-state index in [4.69, 9.17) is 0 Å². The molecule has 5 heteroatoms. The maximum atomic E-state index is 12.9. The Kier molecular flexibility index (Phi) is 4.59. The Balaban J connectivity index is 1.44. The molecule has 3 aromatic rings. The molecule has 0 spiro atoms. The second kappa shape index (κ2) is 7.19. The largest absolute Gasteiger partial charge is 0.351 e. The number of nitrogens with one attached hydrogen (secondary N) is 1. The molecule has 1 aliphatic rings. The zero-order valence-corrected chi connectivity index (χ0v) is 14.7. The van der Waals surface area contributed by atoms with Crippen molar-refractivity contribution in [3.8, 4) is 0 Å². The van der Waals surface area contributed by atoms with Crippen LogP contribution in [0.25, 0.3) is 10.8 Å². The van der Waals surface area contributed by atoms with Gasteiger partial charge >= 0.3 is 0 Å². The van der Waals surface area contributed by atoms with Crippen molar-refractivity contribution in [2.75, 3.05) is 11.4 Å². The molecule has 2 amide bonds. The minimum atomic E-state index is -0.683. The summed E-state index contributed by atoms with van der Waals surface area (Å²) >= 11 is 0. The summed E-state index contributed by atoms with van der Waals surface area (Å²) in [5.41, 5.74) is 1.61. The van der Waals surface area contributed by atoms with Crippen LogP contribution in [0.1, 0.15) is 12.0 Å². The van der Waals surface area contributed by atoms with E-state index in [1.54, 1.807) is 17.0 Å². The topological polar surface area (TPSA) is 49.4 Å². The molecule has 1 aliphatic heterocycles. The van der Waals surface area contributed by atoms with Gasteiger partial charge < -0.3 is 10.2 Å². The van der Waals surface area contributed by atoms with Gasteiger partial charge in [0, 0.05) is 18.8 Å². The van der Waals surface area contributed by atoms with Gasteiger partial charge in [0.2, 0.25) is 11.8 Å². The number of nitrogens with zero attached hydrogens (tertiary/aromatic N) is 1. The lowest BCUT2D eigenvalue weighted by atomic mass is 10.1. The molecular formula is C22H19FN2O2. The minimum absolute atomic E-state index is 0.179. The first-order chi connectivity index (χ1) is 13.1. The number of carbonyl (C=O) groups is 2. The van der Waals surface area contributed by atoms with E-state index in [0.29, 0.717) is 13.0 Å². The highest BCUT2D eigenvalue weighted by Crippen LogP contribution is 2.28. The van der Waals surface area contributed by atoms with Crippen molar-refractivity contribution in [3.05, 3.63) is 78.1 Å². The molecule has 1 atom stereocenters. The smallest absolute Gasteiger partial charge is 0.239 e. The quantitative estimate of drug-likeness (QED) is 0.721. The Morgan fingerprint density at radius 2 is 1.78 bits per heavy atom. The highest BCUT2D eigenvalue weighted by atomic mass is 19.1. The van der Waals surface area contributed by atoms with Gasteiger partial charge in [-0.25, -0.2) is 4.39 Å². The number of carbonyl (C=O) groups excluding carboxylic acids is 2. The minimum Gasteiger partial charge on any atom is -0.351 e. The Morgan fingerprint density at radius 3 is 2.56 bits per heavy atom. The van der Waals surface area contributed by atoms with Crippen LogP contribution in [0.4, 0.5) is 10.1 Å². The van der Waals surface area contributed by atoms with Gasteiger partial charge in [0.1, 0.15) is 11.7 Å². The third kappa shape index (κ3) is 3.53. The first kappa shape index (κ1) is 17.2. The van der Waals surface area contributed by atoms with E-state index in [1.165, 1.54) is 12.1 Å². The van der Waals surface area contributed by atoms with Crippen LogP contribution in [-0.4, -0.2) is 18.4 Å². The van der Waals surface area contributed by atoms with E-state index in [1.807, 2.05) is 42.5 Å². The fourth-order valence-electron chi connectivity index (χ4n) is 3.44. The number of halogens is 1. The molecule has 0 aromatic heterocycles. The lowest BCUT2D eigenvalue weighted by Gasteiger charge is -2.17. The number of benzene rings is 3. The van der Waals surface area contributed by atoms with Crippen molar-refractivity contribution in [1.82, 2.24) is 5.32 Å². The Hall–Kier alpha value is -3.21. The van der Waals surface area contributed by atoms with Gasteiger partial charge in [-0.3, -0.25) is 9.59 Å². The van der Waals surface area contributed by atoms with Crippen LogP contribution in [0, 0.1) is 11.7 Å². The standard InChI is InChI=1S/C22H19FN2O2/c23-18-8-5-15(6-9-18)14-24-21(26)20-11-12-25(22(20)27)19-10-7-16-3-1-2-4-17(16)13-19/h1-10,13,20H,11-12,14H2,(H,24,26). The van der Waals surface area contributed by atoms with Crippen LogP contribution < -0.4 is 10.2 Å². The van der Waals surface area contributed by atoms with Crippen molar-refractivity contribution >= 4 is 28.3 Å². The molecule has 4 rings (SSSR count). The van der Waals surface area contributed by atoms with Crippen LogP contribution in [0.2, 0.25) is 0 Å². The van der Waals surface area contributed by atoms with Gasteiger partial charge in [-0.1, -0.05) is 42.5 Å². The molecule has 4 nitrogen and oxygen atoms in total. The lowest BCUT2D eigenvalue weighted by molar-refractivity contribution is -0.132. The van der Waals surface area contributed by atoms with E-state index in [0.717, 1.165) is 22.0 Å². The number of rotatable bonds is 4. The summed E-state index contributed by atoms with van der Waals surface area (Å²) in [5.74, 6) is -1.46. The molecular weight excluding hydrogens is 343 g/mol. The third-order valence-electron chi connectivity index (χ3n) is 4.95. The van der Waals surface area contributed by atoms with Gasteiger partial charge in [-0.15, -0.1) is 0 Å². The average Bonchev–Trinajstić information content (AvgIpc) is 3.08. The summed E-state index contributed by atoms with van der Waals surface area (Å²) in [6.07, 6.45) is 0.487. The number of anilines is 1. The molecule has 0 saturated carbocycles. The summed E-state index contributed by atoms with van der Waals surface area (Å²) in [5, 5.41) is 4.96. The predicted octanol–water partition coefficient (Wildman–Crippen LogP) is 3.65. The maximum Gasteiger partial charge on any atom is 0.239 e. The summed E-state index contributed by atoms with van der Waals surface area (Å²) in [7, 11) is 0. The molecule has 1 heterocycles. The van der Waals surface area contributed by atoms with E-state index in [-0.39, 0.29) is 24.2 Å². The maximum absolute atomic E-state index is 12.9. The average molecular weight is 362 g/mol. The molecule has 1 fully saturated rings. The Morgan fingerprint density at radius 1 is 1.04 bits per heavy atom. The van der Waals surface area contributed by atoms with Gasteiger partial charge in [-0.05, 0) is 47.0 Å². The molecule has 0 aliphatic carbocycles. The van der Waals surface area contributed by atoms with Crippen molar-refractivity contribution in [2.45, 2.75) is 13.0 Å². The van der Waals surface area contributed by atoms with Crippen molar-refractivity contribution in [2.24, 2.45) is 5.92 Å². The fourth-order valence-corrected chi connectivity index (χ4v) is 3.44. The van der Waals surface area contributed by atoms with Crippen molar-refractivity contribution < 1.29 is 14.0 Å². The molecule has 1 saturated heterocycles. The van der Waals surface area contributed by atoms with E-state index in [2.05, 4.69) is 5.32 Å². The van der Waals surface area contributed by atoms with Gasteiger partial charge in [-0.2, -0.15) is 0 Å². The molecule has 0 radical (unpaired) electrons. The fraction of sp³-hybridized carbons (Fsp3) is 0.182. The number of hydrogen-bond donors (Lipinski definition) is 1. The first-order valence-electron chi connectivity index (χ1n) is 8.94. The van der Waals surface area contributed by atoms with E-state index >= 15 is 0 Å². The third-order valence-corrected chi connectivity index (χ3v) is 4.95. The summed E-state index contributed by atoms with van der Waals surface area (Å²) in [6, 6.07) is 19.8. The zero-order chi connectivity index (χ0) is 18.8. The molecule has 1 N–H and O–H groups in total. The van der Waals surface area contributed by atoms with Crippen molar-refractivity contribution in [3.63, 3.8) is 0 Å². The predicted molar refractivity (Wildman–Crippen MR) is 103 cm³/mol. The van der Waals surface area contributed by atoms with Crippen LogP contribution in [0.15, 0.2) is 66.7 Å². The van der Waals surface area contributed by atoms with Crippen molar-refractivity contribution in [1.29, 1.82) is 0 Å². The number of amides is 2. The first-order valence-corrected chi connectivity index (χ1v) is 8.94. The van der Waals surface area contributed by atoms with Crippen LogP contribution >= 0.6 is 0 Å². The van der Waals surface area contributed by atoms with Crippen LogP contribution in [-0.2, 0) is 16.1 Å². The van der Waals surface area contributed by atoms with Gasteiger partial charge in [0.15, 0.2) is 0 Å². The van der Waals surface area contributed by atoms with E-state index < -0.39 is 5.92 Å². The van der Waals surface area contributed by atoms with Gasteiger partial charge in [0.05, 0.1) is 0 Å². The summed E-state index contributed by atoms with van der Waals surface area (Å²) < 4.78 is 12.9. The lowest BCUT2D eigenvalue weighted by Crippen LogP contribution is -2.36. The SMILES string of the molecule is O=C(NCc1ccc(F)cc1)C1CCN(c2ccc3ccccc3c2)C1=O. The van der Waals surface area contributed by atoms with Crippen LogP contribution in [0.3, 0.4) is 0 Å². The number of hydrogen-bond acceptors (Lipinski definition) is 2. The Bertz CT molecular complexity index is 1000. The summed E-state index contributed by atoms with van der Waals surface area (Å²) in [4.78, 5) is 26.9. The second-order valence-corrected chi connectivity index (χ2v) is 6.71. The summed E-state index contributed by atoms with van der Waals surface area (Å²) in [6.45, 7) is 0.796.